The third kappa shape index (κ3) is 8.27. The molecule has 0 aliphatic carbocycles. The van der Waals surface area contributed by atoms with E-state index in [-0.39, 0.29) is 29.5 Å². The van der Waals surface area contributed by atoms with E-state index >= 15 is 0 Å². The van der Waals surface area contributed by atoms with E-state index in [1.165, 1.54) is 24.1 Å². The van der Waals surface area contributed by atoms with Gasteiger partial charge in [-0.2, -0.15) is 0 Å². The molecule has 0 fully saturated rings. The number of anilines is 1. The number of hydrogen-bond acceptors (Lipinski definition) is 5. The van der Waals surface area contributed by atoms with Gasteiger partial charge in [0.1, 0.15) is 18.3 Å². The molecule has 1 unspecified atom stereocenters. The third-order valence-corrected chi connectivity index (χ3v) is 9.35. The van der Waals surface area contributed by atoms with E-state index < -0.39 is 28.5 Å². The molecule has 0 bridgehead atoms. The van der Waals surface area contributed by atoms with Crippen LogP contribution in [0, 0.1) is 0 Å². The fourth-order valence-corrected chi connectivity index (χ4v) is 6.49. The summed E-state index contributed by atoms with van der Waals surface area (Å²) in [6.07, 6.45) is 0.972. The van der Waals surface area contributed by atoms with Gasteiger partial charge in [0.25, 0.3) is 10.0 Å². The highest BCUT2D eigenvalue weighted by Gasteiger charge is 2.35. The number of nitrogens with zero attached hydrogens (tertiary/aromatic N) is 2. The number of halogens is 1. The lowest BCUT2D eigenvalue weighted by Crippen LogP contribution is -2.53. The zero-order chi connectivity index (χ0) is 31.5. The van der Waals surface area contributed by atoms with Crippen LogP contribution in [0.5, 0.6) is 5.75 Å². The molecule has 230 valence electrons. The van der Waals surface area contributed by atoms with Gasteiger partial charge in [-0.3, -0.25) is 13.9 Å². The average molecular weight is 679 g/mol. The van der Waals surface area contributed by atoms with Crippen molar-refractivity contribution in [2.75, 3.05) is 24.5 Å². The van der Waals surface area contributed by atoms with Crippen molar-refractivity contribution in [2.24, 2.45) is 0 Å². The molecule has 0 spiro atoms. The first-order valence-electron chi connectivity index (χ1n) is 14.3. The normalized spacial score (nSPS) is 11.8. The van der Waals surface area contributed by atoms with Crippen molar-refractivity contribution in [1.29, 1.82) is 0 Å². The number of benzene rings is 4. The maximum absolute atomic E-state index is 14.5. The molecular formula is C34H36BrN3O5S. The zero-order valence-corrected chi connectivity index (χ0v) is 27.1. The van der Waals surface area contributed by atoms with Crippen molar-refractivity contribution in [2.45, 2.75) is 37.2 Å². The summed E-state index contributed by atoms with van der Waals surface area (Å²) in [4.78, 5) is 29.7. The summed E-state index contributed by atoms with van der Waals surface area (Å²) in [5.74, 6) is -0.553. The van der Waals surface area contributed by atoms with Gasteiger partial charge >= 0.3 is 0 Å². The maximum atomic E-state index is 14.5. The number of carbonyl (C=O) groups excluding carboxylic acids is 2. The van der Waals surface area contributed by atoms with Crippen molar-refractivity contribution in [3.05, 3.63) is 125 Å². The second-order valence-corrected chi connectivity index (χ2v) is 12.9. The molecule has 0 aliphatic rings. The molecule has 4 aromatic carbocycles. The highest BCUT2D eigenvalue weighted by molar-refractivity contribution is 9.10. The first-order chi connectivity index (χ1) is 21.2. The molecule has 4 rings (SSSR count). The van der Waals surface area contributed by atoms with Gasteiger partial charge in [0.05, 0.1) is 17.7 Å². The van der Waals surface area contributed by atoms with E-state index in [1.807, 2.05) is 61.5 Å². The van der Waals surface area contributed by atoms with Crippen LogP contribution in [0.2, 0.25) is 0 Å². The fourth-order valence-electron chi connectivity index (χ4n) is 4.78. The van der Waals surface area contributed by atoms with E-state index in [4.69, 9.17) is 4.74 Å². The Kier molecular flexibility index (Phi) is 11.6. The largest absolute Gasteiger partial charge is 0.495 e. The molecule has 44 heavy (non-hydrogen) atoms. The number of para-hydroxylation sites is 2. The molecule has 1 atom stereocenters. The number of ether oxygens (including phenoxy) is 1. The minimum absolute atomic E-state index is 0.0275. The molecule has 0 radical (unpaired) electrons. The molecule has 0 saturated carbocycles. The number of amides is 2. The molecule has 0 aromatic heterocycles. The summed E-state index contributed by atoms with van der Waals surface area (Å²) in [5.41, 5.74) is 1.87. The van der Waals surface area contributed by atoms with Gasteiger partial charge < -0.3 is 15.0 Å². The predicted molar refractivity (Wildman–Crippen MR) is 176 cm³/mol. The topological polar surface area (TPSA) is 96.0 Å². The minimum atomic E-state index is -4.21. The Labute approximate surface area is 267 Å². The summed E-state index contributed by atoms with van der Waals surface area (Å²) in [6, 6.07) is 30.6. The van der Waals surface area contributed by atoms with Crippen LogP contribution in [-0.4, -0.2) is 51.4 Å². The highest BCUT2D eigenvalue weighted by Crippen LogP contribution is 2.32. The number of sulfonamides is 1. The summed E-state index contributed by atoms with van der Waals surface area (Å²) < 4.78 is 35.7. The standard InChI is InChI=1S/C34H36BrN3O5S/c1-3-22-36-34(40)31(23-26-12-6-4-7-13-26)37(24-27-18-20-28(35)21-19-27)33(39)25-38(30-16-10-11-17-32(30)43-2)44(41,42)29-14-8-5-9-15-29/h4-21,31H,3,22-25H2,1-2H3,(H,36,40). The predicted octanol–water partition coefficient (Wildman–Crippen LogP) is 5.82. The molecule has 4 aromatic rings. The minimum Gasteiger partial charge on any atom is -0.495 e. The fraction of sp³-hybridized carbons (Fsp3) is 0.235. The molecular weight excluding hydrogens is 642 g/mol. The second kappa shape index (κ2) is 15.5. The summed E-state index contributed by atoms with van der Waals surface area (Å²) >= 11 is 3.45. The van der Waals surface area contributed by atoms with E-state index in [2.05, 4.69) is 21.2 Å². The van der Waals surface area contributed by atoms with Crippen molar-refractivity contribution < 1.29 is 22.7 Å². The van der Waals surface area contributed by atoms with Crippen molar-refractivity contribution in [3.63, 3.8) is 0 Å². The molecule has 10 heteroatoms. The van der Waals surface area contributed by atoms with E-state index in [0.717, 1.165) is 26.3 Å². The van der Waals surface area contributed by atoms with Crippen LogP contribution in [0.3, 0.4) is 0 Å². The monoisotopic (exact) mass is 677 g/mol. The number of carbonyl (C=O) groups is 2. The van der Waals surface area contributed by atoms with Gasteiger partial charge in [0.15, 0.2) is 0 Å². The lowest BCUT2D eigenvalue weighted by atomic mass is 10.0. The zero-order valence-electron chi connectivity index (χ0n) is 24.7. The lowest BCUT2D eigenvalue weighted by molar-refractivity contribution is -0.140. The van der Waals surface area contributed by atoms with Gasteiger partial charge in [-0.05, 0) is 53.9 Å². The number of methoxy groups -OCH3 is 1. The van der Waals surface area contributed by atoms with Crippen molar-refractivity contribution in [1.82, 2.24) is 10.2 Å². The van der Waals surface area contributed by atoms with Gasteiger partial charge in [0.2, 0.25) is 11.8 Å². The van der Waals surface area contributed by atoms with Crippen LogP contribution in [0.4, 0.5) is 5.69 Å². The van der Waals surface area contributed by atoms with E-state index in [9.17, 15) is 18.0 Å². The molecule has 0 heterocycles. The Morgan fingerprint density at radius 2 is 1.45 bits per heavy atom. The lowest BCUT2D eigenvalue weighted by Gasteiger charge is -2.34. The van der Waals surface area contributed by atoms with Crippen molar-refractivity contribution >= 4 is 43.5 Å². The van der Waals surface area contributed by atoms with Gasteiger partial charge in [-0.1, -0.05) is 95.7 Å². The van der Waals surface area contributed by atoms with Crippen LogP contribution < -0.4 is 14.4 Å². The van der Waals surface area contributed by atoms with Gasteiger partial charge in [-0.15, -0.1) is 0 Å². The summed E-state index contributed by atoms with van der Waals surface area (Å²) in [6.45, 7) is 1.94. The summed E-state index contributed by atoms with van der Waals surface area (Å²) in [5, 5.41) is 2.95. The Morgan fingerprint density at radius 1 is 0.841 bits per heavy atom. The quantitative estimate of drug-likeness (QED) is 0.182. The smallest absolute Gasteiger partial charge is 0.264 e. The first-order valence-corrected chi connectivity index (χ1v) is 16.5. The molecule has 0 aliphatic heterocycles. The van der Waals surface area contributed by atoms with Crippen LogP contribution in [0.15, 0.2) is 119 Å². The van der Waals surface area contributed by atoms with Gasteiger partial charge in [-0.25, -0.2) is 8.42 Å². The highest BCUT2D eigenvalue weighted by atomic mass is 79.9. The second-order valence-electron chi connectivity index (χ2n) is 10.1. The molecule has 8 nitrogen and oxygen atoms in total. The van der Waals surface area contributed by atoms with Crippen LogP contribution in [0.1, 0.15) is 24.5 Å². The number of hydrogen-bond donors (Lipinski definition) is 1. The molecule has 2 amide bonds. The Balaban J connectivity index is 1.81. The van der Waals surface area contributed by atoms with Crippen LogP contribution in [0.25, 0.3) is 0 Å². The van der Waals surface area contributed by atoms with Crippen LogP contribution in [-0.2, 0) is 32.6 Å². The van der Waals surface area contributed by atoms with E-state index in [0.29, 0.717) is 12.3 Å². The Morgan fingerprint density at radius 3 is 2.09 bits per heavy atom. The first kappa shape index (κ1) is 32.8. The SMILES string of the molecule is CCCNC(=O)C(Cc1ccccc1)N(Cc1ccc(Br)cc1)C(=O)CN(c1ccccc1OC)S(=O)(=O)c1ccccc1. The number of rotatable bonds is 14. The van der Waals surface area contributed by atoms with Gasteiger partial charge in [0, 0.05) is 24.0 Å². The molecule has 0 saturated heterocycles. The van der Waals surface area contributed by atoms with Crippen LogP contribution >= 0.6 is 15.9 Å². The summed E-state index contributed by atoms with van der Waals surface area (Å²) in [7, 11) is -2.77. The third-order valence-electron chi connectivity index (χ3n) is 7.05. The average Bonchev–Trinajstić information content (AvgIpc) is 3.05. The van der Waals surface area contributed by atoms with E-state index in [1.54, 1.807) is 42.5 Å². The Bertz CT molecular complexity index is 1630. The molecule has 1 N–H and O–H groups in total. The number of nitrogens with one attached hydrogen (secondary N) is 1. The van der Waals surface area contributed by atoms with Crippen molar-refractivity contribution in [3.8, 4) is 5.75 Å². The maximum Gasteiger partial charge on any atom is 0.264 e. The Hall–Kier alpha value is -4.15.